The Bertz CT molecular complexity index is 806. The van der Waals surface area contributed by atoms with Crippen LogP contribution >= 0.6 is 28.1 Å². The molecule has 0 aliphatic carbocycles. The van der Waals surface area contributed by atoms with Crippen molar-refractivity contribution in [1.29, 1.82) is 0 Å². The molecule has 0 fully saturated rings. The highest BCUT2D eigenvalue weighted by Crippen LogP contribution is 2.25. The molecule has 3 aromatic rings. The minimum absolute atomic E-state index is 0.467. The quantitative estimate of drug-likeness (QED) is 0.627. The van der Waals surface area contributed by atoms with E-state index in [2.05, 4.69) is 30.9 Å². The Balaban J connectivity index is 2.45. The molecule has 2 aromatic heterocycles. The number of nitrogens with zero attached hydrogens (tertiary/aromatic N) is 3. The van der Waals surface area contributed by atoms with Gasteiger partial charge in [0.1, 0.15) is 4.64 Å². The Labute approximate surface area is 123 Å². The van der Waals surface area contributed by atoms with E-state index in [0.29, 0.717) is 4.64 Å². The predicted molar refractivity (Wildman–Crippen MR) is 81.3 cm³/mol. The fourth-order valence-electron chi connectivity index (χ4n) is 1.84. The Morgan fingerprint density at radius 2 is 1.95 bits per heavy atom. The van der Waals surface area contributed by atoms with Crippen LogP contribution in [0.5, 0.6) is 0 Å². The van der Waals surface area contributed by atoms with Gasteiger partial charge in [-0.05, 0) is 30.3 Å². The van der Waals surface area contributed by atoms with Gasteiger partial charge in [-0.25, -0.2) is 4.98 Å². The highest BCUT2D eigenvalue weighted by Gasteiger charge is 2.06. The summed E-state index contributed by atoms with van der Waals surface area (Å²) in [4.78, 5) is 13.1. The summed E-state index contributed by atoms with van der Waals surface area (Å²) in [6, 6.07) is 11.6. The van der Waals surface area contributed by atoms with Gasteiger partial charge in [0.25, 0.3) is 0 Å². The van der Waals surface area contributed by atoms with Crippen LogP contribution in [0.15, 0.2) is 53.3 Å². The van der Waals surface area contributed by atoms with Gasteiger partial charge in [-0.3, -0.25) is 9.97 Å². The molecule has 3 nitrogen and oxygen atoms in total. The van der Waals surface area contributed by atoms with Crippen molar-refractivity contribution >= 4 is 39.1 Å². The molecule has 2 heterocycles. The van der Waals surface area contributed by atoms with Crippen molar-refractivity contribution in [1.82, 2.24) is 15.0 Å². The van der Waals surface area contributed by atoms with Crippen molar-refractivity contribution in [3.63, 3.8) is 0 Å². The Morgan fingerprint density at radius 1 is 1.05 bits per heavy atom. The molecule has 0 aliphatic heterocycles. The second kappa shape index (κ2) is 5.11. The molecule has 5 heteroatoms. The van der Waals surface area contributed by atoms with Crippen LogP contribution in [0.25, 0.3) is 22.3 Å². The van der Waals surface area contributed by atoms with E-state index in [1.807, 2.05) is 36.4 Å². The van der Waals surface area contributed by atoms with Crippen LogP contribution in [-0.2, 0) is 0 Å². The van der Waals surface area contributed by atoms with E-state index in [-0.39, 0.29) is 0 Å². The zero-order chi connectivity index (χ0) is 13.2. The summed E-state index contributed by atoms with van der Waals surface area (Å²) in [6.45, 7) is 0. The van der Waals surface area contributed by atoms with Crippen molar-refractivity contribution in [3.05, 3.63) is 57.9 Å². The van der Waals surface area contributed by atoms with E-state index in [0.717, 1.165) is 26.8 Å². The normalized spacial score (nSPS) is 10.6. The lowest BCUT2D eigenvalue weighted by molar-refractivity contribution is 1.26. The summed E-state index contributed by atoms with van der Waals surface area (Å²) < 4.78 is 1.44. The van der Waals surface area contributed by atoms with Crippen LogP contribution in [0, 0.1) is 4.64 Å². The van der Waals surface area contributed by atoms with Gasteiger partial charge in [0.2, 0.25) is 0 Å². The van der Waals surface area contributed by atoms with E-state index in [9.17, 15) is 0 Å². The third-order valence-electron chi connectivity index (χ3n) is 2.66. The number of aromatic nitrogens is 3. The third kappa shape index (κ3) is 2.52. The molecular formula is C14H8BrN3S. The molecule has 92 valence electrons. The average Bonchev–Trinajstić information content (AvgIpc) is 2.58. The van der Waals surface area contributed by atoms with Crippen molar-refractivity contribution in [2.45, 2.75) is 0 Å². The van der Waals surface area contributed by atoms with E-state index < -0.39 is 0 Å². The molecule has 0 saturated heterocycles. The molecule has 0 saturated carbocycles. The number of fused-ring (bicyclic) bond motifs is 1. The first-order valence-corrected chi connectivity index (χ1v) is 6.82. The Morgan fingerprint density at radius 3 is 2.74 bits per heavy atom. The van der Waals surface area contributed by atoms with E-state index >= 15 is 0 Å². The van der Waals surface area contributed by atoms with Crippen molar-refractivity contribution in [2.24, 2.45) is 0 Å². The number of rotatable bonds is 1. The first-order valence-electron chi connectivity index (χ1n) is 5.62. The maximum absolute atomic E-state index is 5.14. The maximum Gasteiger partial charge on any atom is 0.145 e. The fraction of sp³-hybridized carbons (Fsp3) is 0. The predicted octanol–water partition coefficient (Wildman–Crippen LogP) is 4.18. The van der Waals surface area contributed by atoms with Crippen LogP contribution in [0.4, 0.5) is 0 Å². The van der Waals surface area contributed by atoms with Gasteiger partial charge in [-0.15, -0.1) is 0 Å². The summed E-state index contributed by atoms with van der Waals surface area (Å²) in [5.74, 6) is 0. The topological polar surface area (TPSA) is 38.7 Å². The van der Waals surface area contributed by atoms with E-state index in [1.54, 1.807) is 12.4 Å². The largest absolute Gasteiger partial charge is 0.255 e. The lowest BCUT2D eigenvalue weighted by Crippen LogP contribution is -1.85. The summed E-state index contributed by atoms with van der Waals surface area (Å²) >= 11 is 8.61. The van der Waals surface area contributed by atoms with Gasteiger partial charge in [0, 0.05) is 16.1 Å². The Hall–Kier alpha value is -1.72. The van der Waals surface area contributed by atoms with Gasteiger partial charge in [0.05, 0.1) is 23.1 Å². The first kappa shape index (κ1) is 12.3. The molecular weight excluding hydrogens is 322 g/mol. The first-order chi connectivity index (χ1) is 9.24. The van der Waals surface area contributed by atoms with Gasteiger partial charge in [-0.2, -0.15) is 0 Å². The molecule has 0 N–H and O–H groups in total. The average molecular weight is 330 g/mol. The third-order valence-corrected chi connectivity index (χ3v) is 3.35. The molecule has 19 heavy (non-hydrogen) atoms. The number of pyridine rings is 1. The molecule has 0 unspecified atom stereocenters. The Kier molecular flexibility index (Phi) is 3.31. The van der Waals surface area contributed by atoms with E-state index in [4.69, 9.17) is 12.2 Å². The molecule has 1 aromatic carbocycles. The standard InChI is InChI=1S/C14H8BrN3S/c15-9-4-5-11-10(7-9)14(17-8-13(19)18-11)12-3-1-2-6-16-12/h1-8H. The highest BCUT2D eigenvalue weighted by atomic mass is 79.9. The summed E-state index contributed by atoms with van der Waals surface area (Å²) in [5, 5.41) is 0.921. The number of hydrogen-bond acceptors (Lipinski definition) is 4. The summed E-state index contributed by atoms with van der Waals surface area (Å²) in [5.41, 5.74) is 2.39. The van der Waals surface area contributed by atoms with Crippen LogP contribution in [0.1, 0.15) is 0 Å². The second-order valence-corrected chi connectivity index (χ2v) is 5.27. The van der Waals surface area contributed by atoms with Gasteiger partial charge < -0.3 is 0 Å². The lowest BCUT2D eigenvalue weighted by Gasteiger charge is -2.00. The lowest BCUT2D eigenvalue weighted by atomic mass is 10.1. The summed E-state index contributed by atoms with van der Waals surface area (Å²) in [7, 11) is 0. The molecule has 0 spiro atoms. The monoisotopic (exact) mass is 329 g/mol. The van der Waals surface area contributed by atoms with Gasteiger partial charge in [0.15, 0.2) is 0 Å². The smallest absolute Gasteiger partial charge is 0.145 e. The number of halogens is 1. The molecule has 0 radical (unpaired) electrons. The number of hydrogen-bond donors (Lipinski definition) is 0. The minimum Gasteiger partial charge on any atom is -0.255 e. The van der Waals surface area contributed by atoms with Crippen LogP contribution in [-0.4, -0.2) is 15.0 Å². The summed E-state index contributed by atoms with van der Waals surface area (Å²) in [6.07, 6.45) is 3.34. The van der Waals surface area contributed by atoms with E-state index in [1.165, 1.54) is 0 Å². The zero-order valence-electron chi connectivity index (χ0n) is 9.75. The molecule has 0 aliphatic rings. The molecule has 0 bridgehead atoms. The van der Waals surface area contributed by atoms with Crippen molar-refractivity contribution in [2.75, 3.05) is 0 Å². The SMILES string of the molecule is S=c1cnc(-c2ccccn2)c2cc(Br)ccc2n1. The highest BCUT2D eigenvalue weighted by molar-refractivity contribution is 9.10. The maximum atomic E-state index is 5.14. The van der Waals surface area contributed by atoms with Crippen LogP contribution in [0.3, 0.4) is 0 Å². The van der Waals surface area contributed by atoms with Gasteiger partial charge >= 0.3 is 0 Å². The second-order valence-electron chi connectivity index (χ2n) is 3.93. The zero-order valence-corrected chi connectivity index (χ0v) is 12.1. The van der Waals surface area contributed by atoms with Crippen LogP contribution in [0.2, 0.25) is 0 Å². The number of benzene rings is 1. The minimum atomic E-state index is 0.467. The molecule has 0 amide bonds. The van der Waals surface area contributed by atoms with Crippen LogP contribution < -0.4 is 0 Å². The van der Waals surface area contributed by atoms with Gasteiger partial charge in [-0.1, -0.05) is 34.2 Å². The van der Waals surface area contributed by atoms with Crippen molar-refractivity contribution < 1.29 is 0 Å². The molecule has 0 atom stereocenters. The fourth-order valence-corrected chi connectivity index (χ4v) is 2.35. The van der Waals surface area contributed by atoms with Crippen molar-refractivity contribution in [3.8, 4) is 11.4 Å². The molecule has 3 rings (SSSR count).